The number of hydrogen-bond donors (Lipinski definition) is 1. The SMILES string of the molecule is CCCSP(=S)(NC=NC1CCCCC1)OC(C)C. The average Bonchev–Trinajstić information content (AvgIpc) is 2.37. The zero-order valence-electron chi connectivity index (χ0n) is 12.3. The Morgan fingerprint density at radius 1 is 1.42 bits per heavy atom. The van der Waals surface area contributed by atoms with Crippen molar-refractivity contribution in [3.05, 3.63) is 0 Å². The molecule has 0 aromatic heterocycles. The van der Waals surface area contributed by atoms with Gasteiger partial charge in [0.25, 0.3) is 0 Å². The molecule has 1 N–H and O–H groups in total. The van der Waals surface area contributed by atoms with Crippen LogP contribution in [0.1, 0.15) is 59.3 Å². The second kappa shape index (κ2) is 9.38. The van der Waals surface area contributed by atoms with E-state index in [9.17, 15) is 0 Å². The first-order valence-corrected chi connectivity index (χ1v) is 11.6. The van der Waals surface area contributed by atoms with Crippen molar-refractivity contribution in [3.8, 4) is 0 Å². The van der Waals surface area contributed by atoms with Crippen LogP contribution >= 0.6 is 17.0 Å². The molecule has 0 heterocycles. The van der Waals surface area contributed by atoms with Crippen LogP contribution in [-0.4, -0.2) is 24.2 Å². The highest BCUT2D eigenvalue weighted by Crippen LogP contribution is 2.56. The van der Waals surface area contributed by atoms with E-state index in [1.165, 1.54) is 32.1 Å². The molecular formula is C13H27N2OPS2. The lowest BCUT2D eigenvalue weighted by molar-refractivity contribution is 0.274. The summed E-state index contributed by atoms with van der Waals surface area (Å²) in [7, 11) is 0. The van der Waals surface area contributed by atoms with Crippen molar-refractivity contribution in [1.82, 2.24) is 5.09 Å². The lowest BCUT2D eigenvalue weighted by atomic mass is 9.96. The summed E-state index contributed by atoms with van der Waals surface area (Å²) in [6.07, 6.45) is 9.51. The van der Waals surface area contributed by atoms with Crippen LogP contribution in [0.3, 0.4) is 0 Å². The highest BCUT2D eigenvalue weighted by Gasteiger charge is 2.19. The van der Waals surface area contributed by atoms with Gasteiger partial charge in [-0.3, -0.25) is 4.99 Å². The van der Waals surface area contributed by atoms with Gasteiger partial charge in [0.2, 0.25) is 5.62 Å². The molecule has 0 saturated heterocycles. The van der Waals surface area contributed by atoms with Gasteiger partial charge in [-0.05, 0) is 44.9 Å². The molecule has 112 valence electrons. The standard InChI is InChI=1S/C13H27N2OPS2/c1-4-10-19-17(18,16-12(2)3)15-11-14-13-8-6-5-7-9-13/h11-13H,4-10H2,1-3H3,(H,14,15,18). The molecule has 0 spiro atoms. The predicted octanol–water partition coefficient (Wildman–Crippen LogP) is 4.73. The Labute approximate surface area is 127 Å². The molecule has 0 aliphatic heterocycles. The molecule has 1 fully saturated rings. The lowest BCUT2D eigenvalue weighted by Gasteiger charge is -2.24. The van der Waals surface area contributed by atoms with Crippen molar-refractivity contribution >= 4 is 35.1 Å². The number of hydrogen-bond acceptors (Lipinski definition) is 4. The van der Waals surface area contributed by atoms with Crippen LogP contribution in [0.2, 0.25) is 0 Å². The van der Waals surface area contributed by atoms with E-state index in [1.807, 2.05) is 20.2 Å². The van der Waals surface area contributed by atoms with Crippen molar-refractivity contribution < 1.29 is 4.52 Å². The van der Waals surface area contributed by atoms with E-state index in [1.54, 1.807) is 11.4 Å². The quantitative estimate of drug-likeness (QED) is 0.398. The monoisotopic (exact) mass is 322 g/mol. The minimum Gasteiger partial charge on any atom is -0.324 e. The molecule has 1 saturated carbocycles. The summed E-state index contributed by atoms with van der Waals surface area (Å²) < 4.78 is 5.92. The second-order valence-electron chi connectivity index (χ2n) is 5.18. The Bertz CT molecular complexity index is 318. The van der Waals surface area contributed by atoms with Gasteiger partial charge in [0.1, 0.15) is 0 Å². The van der Waals surface area contributed by atoms with E-state index in [0.29, 0.717) is 6.04 Å². The Hall–Kier alpha value is 0.430. The highest BCUT2D eigenvalue weighted by molar-refractivity contribution is 8.68. The zero-order chi connectivity index (χ0) is 14.1. The predicted molar refractivity (Wildman–Crippen MR) is 91.8 cm³/mol. The smallest absolute Gasteiger partial charge is 0.211 e. The van der Waals surface area contributed by atoms with Crippen molar-refractivity contribution in [2.24, 2.45) is 4.99 Å². The van der Waals surface area contributed by atoms with Crippen LogP contribution in [0, 0.1) is 0 Å². The van der Waals surface area contributed by atoms with Crippen molar-refractivity contribution in [1.29, 1.82) is 0 Å². The fourth-order valence-corrected chi connectivity index (χ4v) is 7.07. The Morgan fingerprint density at radius 2 is 2.11 bits per heavy atom. The topological polar surface area (TPSA) is 33.6 Å². The molecule has 1 rings (SSSR count). The summed E-state index contributed by atoms with van der Waals surface area (Å²) in [5.41, 5.74) is -2.01. The molecule has 0 radical (unpaired) electrons. The summed E-state index contributed by atoms with van der Waals surface area (Å²) >= 11 is 7.40. The average molecular weight is 322 g/mol. The Balaban J connectivity index is 2.46. The first-order valence-electron chi connectivity index (χ1n) is 7.28. The summed E-state index contributed by atoms with van der Waals surface area (Å²) in [6, 6.07) is 0.486. The molecule has 3 nitrogen and oxygen atoms in total. The van der Waals surface area contributed by atoms with E-state index >= 15 is 0 Å². The summed E-state index contributed by atoms with van der Waals surface area (Å²) in [5.74, 6) is 1.04. The second-order valence-corrected chi connectivity index (χ2v) is 11.9. The number of aliphatic imine (C=N–C) groups is 1. The molecule has 0 aromatic rings. The van der Waals surface area contributed by atoms with Crippen LogP contribution in [0.5, 0.6) is 0 Å². The van der Waals surface area contributed by atoms with Gasteiger partial charge in [-0.1, -0.05) is 37.6 Å². The highest BCUT2D eigenvalue weighted by atomic mass is 32.9. The van der Waals surface area contributed by atoms with Gasteiger partial charge in [-0.15, -0.1) is 0 Å². The van der Waals surface area contributed by atoms with Crippen LogP contribution in [0.4, 0.5) is 0 Å². The summed E-state index contributed by atoms with van der Waals surface area (Å²) in [5, 5.41) is 3.28. The molecular weight excluding hydrogens is 295 g/mol. The number of nitrogens with zero attached hydrogens (tertiary/aromatic N) is 1. The molecule has 0 amide bonds. The maximum atomic E-state index is 5.92. The molecule has 1 aliphatic carbocycles. The molecule has 0 bridgehead atoms. The summed E-state index contributed by atoms with van der Waals surface area (Å²) in [4.78, 5) is 4.62. The molecule has 1 atom stereocenters. The van der Waals surface area contributed by atoms with Gasteiger partial charge in [0.05, 0.1) is 18.5 Å². The van der Waals surface area contributed by atoms with E-state index in [0.717, 1.165) is 12.2 Å². The lowest BCUT2D eigenvalue weighted by Crippen LogP contribution is -2.15. The number of rotatable bonds is 8. The van der Waals surface area contributed by atoms with Crippen molar-refractivity contribution in [2.75, 3.05) is 5.75 Å². The van der Waals surface area contributed by atoms with Crippen molar-refractivity contribution in [3.63, 3.8) is 0 Å². The third-order valence-electron chi connectivity index (χ3n) is 2.89. The summed E-state index contributed by atoms with van der Waals surface area (Å²) in [6.45, 7) is 6.24. The Morgan fingerprint density at radius 3 is 2.68 bits per heavy atom. The van der Waals surface area contributed by atoms with Crippen LogP contribution in [0.15, 0.2) is 4.99 Å². The maximum absolute atomic E-state index is 5.92. The zero-order valence-corrected chi connectivity index (χ0v) is 14.8. The normalized spacial score (nSPS) is 20.8. The molecule has 0 aromatic carbocycles. The largest absolute Gasteiger partial charge is 0.324 e. The minimum atomic E-state index is -2.01. The van der Waals surface area contributed by atoms with Gasteiger partial charge in [-0.25, -0.2) is 0 Å². The fraction of sp³-hybridized carbons (Fsp3) is 0.923. The fourth-order valence-electron chi connectivity index (χ4n) is 2.03. The third kappa shape index (κ3) is 7.69. The Kier molecular flexibility index (Phi) is 8.63. The van der Waals surface area contributed by atoms with Gasteiger partial charge >= 0.3 is 0 Å². The van der Waals surface area contributed by atoms with Crippen molar-refractivity contribution in [2.45, 2.75) is 71.4 Å². The molecule has 6 heteroatoms. The van der Waals surface area contributed by atoms with Crippen LogP contribution in [0.25, 0.3) is 0 Å². The third-order valence-corrected chi connectivity index (χ3v) is 8.62. The number of nitrogens with one attached hydrogen (secondary N) is 1. The van der Waals surface area contributed by atoms with Gasteiger partial charge in [0.15, 0.2) is 0 Å². The van der Waals surface area contributed by atoms with Gasteiger partial charge < -0.3 is 9.61 Å². The first kappa shape index (κ1) is 17.5. The van der Waals surface area contributed by atoms with Gasteiger partial charge in [-0.2, -0.15) is 0 Å². The maximum Gasteiger partial charge on any atom is 0.211 e. The van der Waals surface area contributed by atoms with E-state index in [2.05, 4.69) is 17.0 Å². The molecule has 1 aliphatic rings. The van der Waals surface area contributed by atoms with Gasteiger partial charge in [0, 0.05) is 5.75 Å². The van der Waals surface area contributed by atoms with E-state index < -0.39 is 5.62 Å². The molecule has 19 heavy (non-hydrogen) atoms. The van der Waals surface area contributed by atoms with E-state index in [-0.39, 0.29) is 6.10 Å². The van der Waals surface area contributed by atoms with Crippen LogP contribution < -0.4 is 5.09 Å². The first-order chi connectivity index (χ1) is 9.06. The van der Waals surface area contributed by atoms with E-state index in [4.69, 9.17) is 16.3 Å². The van der Waals surface area contributed by atoms with Crippen LogP contribution in [-0.2, 0) is 16.3 Å². The minimum absolute atomic E-state index is 0.158. The molecule has 1 unspecified atom stereocenters.